The molecule has 0 aromatic heterocycles. The lowest BCUT2D eigenvalue weighted by atomic mass is 10.1. The molecule has 0 spiro atoms. The van der Waals surface area contributed by atoms with Gasteiger partial charge in [-0.1, -0.05) is 24.3 Å². The van der Waals surface area contributed by atoms with E-state index in [0.717, 1.165) is 10.6 Å². The molecule has 2 aliphatic heterocycles. The first-order chi connectivity index (χ1) is 16.3. The Morgan fingerprint density at radius 1 is 1.03 bits per heavy atom. The van der Waals surface area contributed by atoms with Crippen LogP contribution in [0.25, 0.3) is 0 Å². The molecule has 2 aliphatic rings. The maximum atomic E-state index is 13.9. The second-order valence-electron chi connectivity index (χ2n) is 8.34. The molecule has 4 rings (SSSR count). The molecule has 2 amide bonds. The Hall–Kier alpha value is -3.58. The quantitative estimate of drug-likeness (QED) is 0.743. The second kappa shape index (κ2) is 9.73. The Labute approximate surface area is 195 Å². The Kier molecular flexibility index (Phi) is 6.75. The maximum absolute atomic E-state index is 13.9. The van der Waals surface area contributed by atoms with E-state index < -0.39 is 30.5 Å². The number of hydrogen-bond acceptors (Lipinski definition) is 5. The minimum Gasteiger partial charge on any atom is -0.369 e. The fourth-order valence-corrected chi connectivity index (χ4v) is 4.48. The molecular weight excluding hydrogens is 447 g/mol. The van der Waals surface area contributed by atoms with Crippen LogP contribution in [0.15, 0.2) is 48.5 Å². The summed E-state index contributed by atoms with van der Waals surface area (Å²) in [4.78, 5) is 30.1. The monoisotopic (exact) mass is 471 g/mol. The van der Waals surface area contributed by atoms with E-state index in [9.17, 15) is 28.0 Å². The summed E-state index contributed by atoms with van der Waals surface area (Å²) in [6.07, 6.45) is -4.93. The number of amides is 2. The van der Waals surface area contributed by atoms with Crippen LogP contribution in [0, 0.1) is 11.3 Å². The number of nitrogens with zero attached hydrogens (tertiary/aromatic N) is 4. The van der Waals surface area contributed by atoms with Crippen LogP contribution in [0.1, 0.15) is 18.4 Å². The number of hydrogen-bond donors (Lipinski definition) is 1. The van der Waals surface area contributed by atoms with E-state index in [1.165, 1.54) is 12.1 Å². The molecule has 0 saturated carbocycles. The topological polar surface area (TPSA) is 79.7 Å². The van der Waals surface area contributed by atoms with Gasteiger partial charge in [-0.2, -0.15) is 18.4 Å². The zero-order valence-electron chi connectivity index (χ0n) is 18.4. The van der Waals surface area contributed by atoms with Gasteiger partial charge in [-0.25, -0.2) is 0 Å². The number of nitriles is 1. The molecule has 0 bridgehead atoms. The number of anilines is 3. The van der Waals surface area contributed by atoms with Gasteiger partial charge in [-0.15, -0.1) is 0 Å². The number of carbonyl (C=O) groups excluding carboxylic acids is 2. The summed E-state index contributed by atoms with van der Waals surface area (Å²) in [6.45, 7) is 1.98. The van der Waals surface area contributed by atoms with Crippen LogP contribution in [-0.4, -0.2) is 61.7 Å². The molecule has 34 heavy (non-hydrogen) atoms. The molecule has 178 valence electrons. The van der Waals surface area contributed by atoms with Gasteiger partial charge < -0.3 is 10.2 Å². The summed E-state index contributed by atoms with van der Waals surface area (Å²) in [5.74, 6) is -1.50. The predicted octanol–water partition coefficient (Wildman–Crippen LogP) is 3.38. The third-order valence-electron chi connectivity index (χ3n) is 6.09. The second-order valence-corrected chi connectivity index (χ2v) is 8.34. The van der Waals surface area contributed by atoms with E-state index in [-0.39, 0.29) is 17.9 Å². The molecule has 1 unspecified atom stereocenters. The van der Waals surface area contributed by atoms with Crippen LogP contribution in [0.5, 0.6) is 0 Å². The van der Waals surface area contributed by atoms with Crippen molar-refractivity contribution in [1.82, 2.24) is 4.90 Å². The third kappa shape index (κ3) is 4.99. The zero-order chi connectivity index (χ0) is 24.3. The van der Waals surface area contributed by atoms with Crippen LogP contribution in [0.3, 0.4) is 0 Å². The van der Waals surface area contributed by atoms with Crippen LogP contribution in [-0.2, 0) is 9.59 Å². The molecule has 2 heterocycles. The summed E-state index contributed by atoms with van der Waals surface area (Å²) in [6, 6.07) is 13.2. The van der Waals surface area contributed by atoms with Gasteiger partial charge in [-0.3, -0.25) is 19.4 Å². The molecule has 1 atom stereocenters. The molecule has 7 nitrogen and oxygen atoms in total. The van der Waals surface area contributed by atoms with Gasteiger partial charge in [-0.05, 0) is 30.7 Å². The van der Waals surface area contributed by atoms with Gasteiger partial charge in [0.15, 0.2) is 0 Å². The number of nitrogens with one attached hydrogen (secondary N) is 1. The van der Waals surface area contributed by atoms with Crippen molar-refractivity contribution in [1.29, 1.82) is 5.26 Å². The fraction of sp³-hybridized carbons (Fsp3) is 0.375. The summed E-state index contributed by atoms with van der Waals surface area (Å²) in [5, 5.41) is 11.9. The van der Waals surface area contributed by atoms with Crippen molar-refractivity contribution in [2.24, 2.45) is 0 Å². The summed E-state index contributed by atoms with van der Waals surface area (Å²) in [7, 11) is 0. The number of para-hydroxylation sites is 3. The molecular formula is C24H24F3N5O2. The Bertz CT molecular complexity index is 1110. The van der Waals surface area contributed by atoms with Gasteiger partial charge in [0.25, 0.3) is 0 Å². The minimum absolute atomic E-state index is 0.0417. The highest BCUT2D eigenvalue weighted by Crippen LogP contribution is 2.37. The van der Waals surface area contributed by atoms with Crippen molar-refractivity contribution in [3.8, 4) is 6.07 Å². The van der Waals surface area contributed by atoms with Crippen LogP contribution < -0.4 is 15.1 Å². The lowest BCUT2D eigenvalue weighted by Crippen LogP contribution is -2.52. The molecule has 0 radical (unpaired) electrons. The predicted molar refractivity (Wildman–Crippen MR) is 121 cm³/mol. The van der Waals surface area contributed by atoms with E-state index in [1.54, 1.807) is 24.3 Å². The normalized spacial score (nSPS) is 19.5. The summed E-state index contributed by atoms with van der Waals surface area (Å²) >= 11 is 0. The van der Waals surface area contributed by atoms with E-state index in [1.807, 2.05) is 17.0 Å². The molecule has 2 aromatic rings. The van der Waals surface area contributed by atoms with Crippen molar-refractivity contribution in [3.05, 3.63) is 54.1 Å². The lowest BCUT2D eigenvalue weighted by molar-refractivity contribution is -0.158. The highest BCUT2D eigenvalue weighted by molar-refractivity contribution is 6.05. The van der Waals surface area contributed by atoms with E-state index in [2.05, 4.69) is 16.3 Å². The number of benzene rings is 2. The average molecular weight is 471 g/mol. The number of alkyl halides is 3. The summed E-state index contributed by atoms with van der Waals surface area (Å²) in [5.41, 5.74) is 1.59. The van der Waals surface area contributed by atoms with Crippen LogP contribution >= 0.6 is 0 Å². The van der Waals surface area contributed by atoms with E-state index in [0.29, 0.717) is 38.2 Å². The zero-order valence-corrected chi connectivity index (χ0v) is 18.4. The minimum atomic E-state index is -4.76. The summed E-state index contributed by atoms with van der Waals surface area (Å²) < 4.78 is 41.8. The Morgan fingerprint density at radius 3 is 2.47 bits per heavy atom. The van der Waals surface area contributed by atoms with Gasteiger partial charge in [0.05, 0.1) is 35.6 Å². The van der Waals surface area contributed by atoms with Gasteiger partial charge in [0.1, 0.15) is 12.1 Å². The third-order valence-corrected chi connectivity index (χ3v) is 6.09. The SMILES string of the molecule is N#Cc1ccccc1N1CCCN(CC(=O)N2c3ccccc3NC(=O)CC2C(F)(F)F)CC1. The number of carbonyl (C=O) groups is 2. The smallest absolute Gasteiger partial charge is 0.369 e. The largest absolute Gasteiger partial charge is 0.409 e. The van der Waals surface area contributed by atoms with Gasteiger partial charge in [0, 0.05) is 26.2 Å². The molecule has 0 aliphatic carbocycles. The molecule has 2 aromatic carbocycles. The van der Waals surface area contributed by atoms with Crippen molar-refractivity contribution >= 4 is 28.9 Å². The van der Waals surface area contributed by atoms with Gasteiger partial charge >= 0.3 is 6.18 Å². The Balaban J connectivity index is 1.54. The highest BCUT2D eigenvalue weighted by atomic mass is 19.4. The van der Waals surface area contributed by atoms with Crippen LogP contribution in [0.2, 0.25) is 0 Å². The van der Waals surface area contributed by atoms with E-state index in [4.69, 9.17) is 0 Å². The Morgan fingerprint density at radius 2 is 1.74 bits per heavy atom. The van der Waals surface area contributed by atoms with Gasteiger partial charge in [0.2, 0.25) is 11.8 Å². The fourth-order valence-electron chi connectivity index (χ4n) is 4.48. The highest BCUT2D eigenvalue weighted by Gasteiger charge is 2.49. The van der Waals surface area contributed by atoms with E-state index >= 15 is 0 Å². The molecule has 10 heteroatoms. The van der Waals surface area contributed by atoms with Crippen molar-refractivity contribution in [3.63, 3.8) is 0 Å². The molecule has 1 saturated heterocycles. The maximum Gasteiger partial charge on any atom is 0.409 e. The number of halogens is 3. The lowest BCUT2D eigenvalue weighted by Gasteiger charge is -2.33. The number of rotatable bonds is 3. The van der Waals surface area contributed by atoms with Crippen molar-refractivity contribution in [2.45, 2.75) is 25.1 Å². The first kappa shape index (κ1) is 23.6. The first-order valence-corrected chi connectivity index (χ1v) is 11.0. The first-order valence-electron chi connectivity index (χ1n) is 11.0. The number of fused-ring (bicyclic) bond motifs is 1. The average Bonchev–Trinajstić information content (AvgIpc) is 3.12. The molecule has 1 N–H and O–H groups in total. The standard InChI is InChI=1S/C24H24F3N5O2/c25-24(26,27)21-14-22(33)29-18-7-2-4-9-20(18)32(21)23(34)16-30-10-5-11-31(13-12-30)19-8-3-1-6-17(19)15-28/h1-4,6-9,21H,5,10-14,16H2,(H,29,33). The molecule has 1 fully saturated rings. The van der Waals surface area contributed by atoms with Crippen molar-refractivity contribution in [2.75, 3.05) is 47.8 Å². The van der Waals surface area contributed by atoms with Crippen LogP contribution in [0.4, 0.5) is 30.2 Å². The van der Waals surface area contributed by atoms with Crippen molar-refractivity contribution < 1.29 is 22.8 Å².